The molecular weight excluding hydrogens is 450 g/mol. The van der Waals surface area contributed by atoms with Crippen LogP contribution in [-0.2, 0) is 20.9 Å². The van der Waals surface area contributed by atoms with Gasteiger partial charge in [0.1, 0.15) is 30.5 Å². The molecule has 8 heteroatoms. The third-order valence-electron chi connectivity index (χ3n) is 6.71. The Morgan fingerprint density at radius 1 is 1.26 bits per heavy atom. The van der Waals surface area contributed by atoms with E-state index in [4.69, 9.17) is 14.3 Å². The Balaban J connectivity index is 2.37. The molecule has 0 aromatic carbocycles. The van der Waals surface area contributed by atoms with Gasteiger partial charge in [0.2, 0.25) is 5.89 Å². The van der Waals surface area contributed by atoms with E-state index >= 15 is 0 Å². The molecule has 0 aliphatic carbocycles. The van der Waals surface area contributed by atoms with Crippen molar-refractivity contribution in [2.24, 2.45) is 17.3 Å². The molecule has 1 aliphatic heterocycles. The number of ketones is 1. The van der Waals surface area contributed by atoms with Gasteiger partial charge in [0.25, 0.3) is 0 Å². The molecule has 1 aliphatic rings. The molecule has 0 saturated carbocycles. The summed E-state index contributed by atoms with van der Waals surface area (Å²) < 4.78 is 10.9. The second kappa shape index (κ2) is 12.4. The quantitative estimate of drug-likeness (QED) is 0.432. The van der Waals surface area contributed by atoms with Gasteiger partial charge in [0, 0.05) is 18.3 Å². The van der Waals surface area contributed by atoms with Crippen LogP contribution >= 0.6 is 0 Å². The lowest BCUT2D eigenvalue weighted by Crippen LogP contribution is -2.45. The molecule has 2 rings (SSSR count). The van der Waals surface area contributed by atoms with E-state index in [1.54, 1.807) is 33.8 Å². The predicted molar refractivity (Wildman–Crippen MR) is 132 cm³/mol. The Labute approximate surface area is 207 Å². The highest BCUT2D eigenvalue weighted by Crippen LogP contribution is 2.31. The Hall–Kier alpha value is -2.55. The molecule has 35 heavy (non-hydrogen) atoms. The van der Waals surface area contributed by atoms with E-state index in [0.29, 0.717) is 24.1 Å². The number of carbonyl (C=O) groups is 2. The van der Waals surface area contributed by atoms with Gasteiger partial charge in [-0.1, -0.05) is 51.5 Å². The molecule has 0 spiro atoms. The maximum atomic E-state index is 13.1. The normalized spacial score (nSPS) is 32.0. The van der Waals surface area contributed by atoms with Crippen molar-refractivity contribution >= 4 is 17.8 Å². The van der Waals surface area contributed by atoms with E-state index in [2.05, 4.69) is 4.98 Å². The fraction of sp³-hybridized carbons (Fsp3) is 0.593. The molecule has 0 fully saturated rings. The monoisotopic (exact) mass is 489 g/mol. The molecule has 1 aromatic heterocycles. The van der Waals surface area contributed by atoms with Gasteiger partial charge in [-0.25, -0.2) is 4.98 Å². The van der Waals surface area contributed by atoms with Gasteiger partial charge in [0.15, 0.2) is 0 Å². The molecule has 1 aromatic rings. The predicted octanol–water partition coefficient (Wildman–Crippen LogP) is 3.76. The second-order valence-corrected chi connectivity index (χ2v) is 10.1. The van der Waals surface area contributed by atoms with Gasteiger partial charge in [-0.3, -0.25) is 9.59 Å². The van der Waals surface area contributed by atoms with E-state index in [0.717, 1.165) is 5.57 Å². The average molecular weight is 490 g/mol. The number of Topliss-reactive ketones (excluding diaryl/α,β-unsaturated/α-hetero) is 1. The van der Waals surface area contributed by atoms with E-state index in [9.17, 15) is 19.8 Å². The van der Waals surface area contributed by atoms with E-state index in [-0.39, 0.29) is 30.6 Å². The smallest absolute Gasteiger partial charge is 0.309 e. The van der Waals surface area contributed by atoms with Crippen molar-refractivity contribution in [1.82, 2.24) is 4.98 Å². The number of aliphatic hydroxyl groups is 3. The summed E-state index contributed by atoms with van der Waals surface area (Å²) in [7, 11) is 0. The number of nitrogens with zero attached hydrogens (tertiary/aromatic N) is 1. The van der Waals surface area contributed by atoms with Crippen LogP contribution in [0.4, 0.5) is 0 Å². The highest BCUT2D eigenvalue weighted by molar-refractivity contribution is 5.88. The second-order valence-electron chi connectivity index (χ2n) is 10.1. The van der Waals surface area contributed by atoms with Crippen LogP contribution in [0, 0.1) is 17.3 Å². The number of aliphatic hydroxyl groups excluding tert-OH is 3. The van der Waals surface area contributed by atoms with Crippen LogP contribution < -0.4 is 0 Å². The average Bonchev–Trinajstić information content (AvgIpc) is 3.26. The topological polar surface area (TPSA) is 130 Å². The van der Waals surface area contributed by atoms with Crippen molar-refractivity contribution in [3.63, 3.8) is 0 Å². The Morgan fingerprint density at radius 2 is 1.94 bits per heavy atom. The maximum Gasteiger partial charge on any atom is 0.309 e. The fourth-order valence-corrected chi connectivity index (χ4v) is 4.07. The van der Waals surface area contributed by atoms with Gasteiger partial charge < -0.3 is 24.5 Å². The number of ether oxygens (including phenoxy) is 1. The van der Waals surface area contributed by atoms with Crippen LogP contribution in [-0.4, -0.2) is 50.4 Å². The first-order valence-corrected chi connectivity index (χ1v) is 12.0. The summed E-state index contributed by atoms with van der Waals surface area (Å²) in [6.07, 6.45) is 6.87. The molecule has 0 amide bonds. The minimum Gasteiger partial charge on any atom is -0.457 e. The van der Waals surface area contributed by atoms with E-state index in [1.165, 1.54) is 6.26 Å². The zero-order chi connectivity index (χ0) is 26.3. The van der Waals surface area contributed by atoms with Crippen molar-refractivity contribution in [2.75, 3.05) is 0 Å². The van der Waals surface area contributed by atoms with Crippen LogP contribution in [0.15, 0.2) is 40.1 Å². The first kappa shape index (κ1) is 28.7. The van der Waals surface area contributed by atoms with Gasteiger partial charge in [0.05, 0.1) is 24.0 Å². The molecule has 0 saturated heterocycles. The summed E-state index contributed by atoms with van der Waals surface area (Å²) in [5.41, 5.74) is 1.01. The summed E-state index contributed by atoms with van der Waals surface area (Å²) in [6.45, 7) is 10.1. The van der Waals surface area contributed by atoms with Gasteiger partial charge in [-0.05, 0) is 31.9 Å². The van der Waals surface area contributed by atoms with Crippen LogP contribution in [0.2, 0.25) is 0 Å². The maximum absolute atomic E-state index is 13.1. The molecule has 0 unspecified atom stereocenters. The molecule has 8 nitrogen and oxygen atoms in total. The Morgan fingerprint density at radius 3 is 2.57 bits per heavy atom. The van der Waals surface area contributed by atoms with Gasteiger partial charge >= 0.3 is 5.97 Å². The summed E-state index contributed by atoms with van der Waals surface area (Å²) in [4.78, 5) is 30.1. The number of esters is 1. The molecular formula is C27H39NO7. The van der Waals surface area contributed by atoms with Crippen LogP contribution in [0.25, 0.3) is 6.08 Å². The van der Waals surface area contributed by atoms with E-state index in [1.807, 2.05) is 32.1 Å². The molecule has 0 bridgehead atoms. The summed E-state index contributed by atoms with van der Waals surface area (Å²) in [5, 5.41) is 30.7. The molecule has 3 N–H and O–H groups in total. The largest absolute Gasteiger partial charge is 0.457 e. The number of aromatic nitrogens is 1. The standard InChI is InChI=1S/C27H39NO7/c1-16-8-7-9-17(2)25(32)19(4)26(33)27(5,6)22(30)13-24(31)35-21(11-10-16)18(3)12-20-15-34-23(14-29)28-20/h7,9-10,12,15,17,19,21-22,25,29-30,32H,8,11,13-14H2,1-6H3/b9-7+,16-10-,18-12+/t17-,19+,21-,22-,25-/m0/s1. The summed E-state index contributed by atoms with van der Waals surface area (Å²) in [5.74, 6) is -1.73. The first-order chi connectivity index (χ1) is 16.4. The first-order valence-electron chi connectivity index (χ1n) is 12.0. The SMILES string of the molecule is C/C1=C/C[C@@H](/C(C)=C/c2coc(CO)n2)OC(=O)C[C@H](O)C(C)(C)C(=O)[C@H](C)[C@@H](O)[C@@H](C)/C=C/C1. The minimum atomic E-state index is -1.28. The number of cyclic esters (lactones) is 1. The van der Waals surface area contributed by atoms with Crippen molar-refractivity contribution in [1.29, 1.82) is 0 Å². The number of hydrogen-bond donors (Lipinski definition) is 3. The fourth-order valence-electron chi connectivity index (χ4n) is 4.07. The lowest BCUT2D eigenvalue weighted by Gasteiger charge is -2.34. The Kier molecular flexibility index (Phi) is 10.2. The van der Waals surface area contributed by atoms with Crippen molar-refractivity contribution in [3.8, 4) is 0 Å². The van der Waals surface area contributed by atoms with Crippen molar-refractivity contribution < 1.29 is 34.1 Å². The number of allylic oxidation sites excluding steroid dienone is 2. The lowest BCUT2D eigenvalue weighted by molar-refractivity contribution is -0.154. The van der Waals surface area contributed by atoms with Crippen molar-refractivity contribution in [3.05, 3.63) is 47.2 Å². The lowest BCUT2D eigenvalue weighted by atomic mass is 9.73. The highest BCUT2D eigenvalue weighted by atomic mass is 16.5. The third kappa shape index (κ3) is 7.72. The molecule has 0 radical (unpaired) electrons. The van der Waals surface area contributed by atoms with Crippen LogP contribution in [0.3, 0.4) is 0 Å². The Bertz CT molecular complexity index is 972. The number of rotatable bonds is 3. The molecule has 2 heterocycles. The zero-order valence-electron chi connectivity index (χ0n) is 21.5. The number of hydrogen-bond acceptors (Lipinski definition) is 8. The van der Waals surface area contributed by atoms with Crippen LogP contribution in [0.5, 0.6) is 0 Å². The van der Waals surface area contributed by atoms with Crippen molar-refractivity contribution in [2.45, 2.75) is 85.7 Å². The molecule has 194 valence electrons. The highest BCUT2D eigenvalue weighted by Gasteiger charge is 2.42. The van der Waals surface area contributed by atoms with Gasteiger partial charge in [-0.15, -0.1) is 0 Å². The minimum absolute atomic E-state index is 0.185. The number of oxazole rings is 1. The third-order valence-corrected chi connectivity index (χ3v) is 6.71. The molecule has 5 atom stereocenters. The zero-order valence-corrected chi connectivity index (χ0v) is 21.5. The summed E-state index contributed by atoms with van der Waals surface area (Å²) in [6, 6.07) is 0. The van der Waals surface area contributed by atoms with Gasteiger partial charge in [-0.2, -0.15) is 0 Å². The summed E-state index contributed by atoms with van der Waals surface area (Å²) >= 11 is 0. The van der Waals surface area contributed by atoms with E-state index < -0.39 is 35.6 Å². The number of carbonyl (C=O) groups excluding carboxylic acids is 2. The van der Waals surface area contributed by atoms with Crippen LogP contribution in [0.1, 0.15) is 72.4 Å².